The molecule has 0 unspecified atom stereocenters. The fraction of sp³-hybridized carbons (Fsp3) is 0.500. The first-order valence-electron chi connectivity index (χ1n) is 8.07. The largest absolute Gasteiger partial charge is 0.377 e. The average Bonchev–Trinajstić information content (AvgIpc) is 2.45. The van der Waals surface area contributed by atoms with Gasteiger partial charge in [-0.05, 0) is 31.4 Å². The van der Waals surface area contributed by atoms with Crippen molar-refractivity contribution < 1.29 is 4.74 Å². The minimum absolute atomic E-state index is 0.646. The van der Waals surface area contributed by atoms with Crippen LogP contribution in [0.3, 0.4) is 0 Å². The van der Waals surface area contributed by atoms with Gasteiger partial charge in [0.1, 0.15) is 5.82 Å². The number of anilines is 1. The van der Waals surface area contributed by atoms with Crippen molar-refractivity contribution in [3.8, 4) is 0 Å². The summed E-state index contributed by atoms with van der Waals surface area (Å²) in [5, 5.41) is 4.53. The Morgan fingerprint density at radius 2 is 2.14 bits per heavy atom. The maximum Gasteiger partial charge on any atom is 0.132 e. The molecule has 1 aliphatic rings. The van der Waals surface area contributed by atoms with Crippen molar-refractivity contribution in [2.24, 2.45) is 5.92 Å². The second-order valence-electron chi connectivity index (χ2n) is 5.86. The molecule has 0 radical (unpaired) electrons. The number of nitrogens with one attached hydrogen (secondary N) is 1. The Hall–Kier alpha value is -1.61. The number of pyridine rings is 1. The van der Waals surface area contributed by atoms with E-state index in [1.54, 1.807) is 0 Å². The zero-order valence-corrected chi connectivity index (χ0v) is 12.8. The maximum absolute atomic E-state index is 5.88. The molecule has 3 rings (SSSR count). The van der Waals surface area contributed by atoms with Crippen LogP contribution in [0.1, 0.15) is 38.2 Å². The van der Waals surface area contributed by atoms with Crippen LogP contribution in [0.4, 0.5) is 5.82 Å². The summed E-state index contributed by atoms with van der Waals surface area (Å²) < 4.78 is 5.88. The van der Waals surface area contributed by atoms with E-state index in [4.69, 9.17) is 9.72 Å². The highest BCUT2D eigenvalue weighted by molar-refractivity contribution is 5.81. The van der Waals surface area contributed by atoms with E-state index in [1.807, 2.05) is 6.07 Å². The van der Waals surface area contributed by atoms with Crippen LogP contribution in [0.25, 0.3) is 10.9 Å². The standard InChI is InChI=1S/C18H24N2O/c1-2-19-18-16(13-21-11-10-14-6-5-7-14)12-15-8-3-4-9-17(15)20-18/h3-4,8-9,12,14H,2,5-7,10-11,13H2,1H3,(H,19,20). The van der Waals surface area contributed by atoms with Crippen LogP contribution < -0.4 is 5.32 Å². The van der Waals surface area contributed by atoms with Crippen molar-refractivity contribution in [2.75, 3.05) is 18.5 Å². The minimum atomic E-state index is 0.646. The SMILES string of the molecule is CCNc1nc2ccccc2cc1COCCC1CCC1. The number of benzene rings is 1. The second-order valence-corrected chi connectivity index (χ2v) is 5.86. The van der Waals surface area contributed by atoms with Gasteiger partial charge in [-0.3, -0.25) is 0 Å². The third-order valence-electron chi connectivity index (χ3n) is 4.30. The molecule has 112 valence electrons. The molecule has 3 nitrogen and oxygen atoms in total. The molecule has 3 heteroatoms. The molecule has 0 bridgehead atoms. The lowest BCUT2D eigenvalue weighted by Crippen LogP contribution is -2.13. The number of fused-ring (bicyclic) bond motifs is 1. The van der Waals surface area contributed by atoms with Gasteiger partial charge in [-0.25, -0.2) is 4.98 Å². The molecule has 1 aromatic heterocycles. The van der Waals surface area contributed by atoms with E-state index in [2.05, 4.69) is 36.5 Å². The molecule has 1 saturated carbocycles. The van der Waals surface area contributed by atoms with Gasteiger partial charge in [0.25, 0.3) is 0 Å². The molecule has 0 aliphatic heterocycles. The number of hydrogen-bond donors (Lipinski definition) is 1. The molecule has 1 aromatic carbocycles. The Bertz CT molecular complexity index is 593. The second kappa shape index (κ2) is 6.90. The summed E-state index contributed by atoms with van der Waals surface area (Å²) in [6.07, 6.45) is 5.40. The van der Waals surface area contributed by atoms with Crippen molar-refractivity contribution in [3.63, 3.8) is 0 Å². The smallest absolute Gasteiger partial charge is 0.132 e. The van der Waals surface area contributed by atoms with Gasteiger partial charge < -0.3 is 10.1 Å². The summed E-state index contributed by atoms with van der Waals surface area (Å²) in [7, 11) is 0. The van der Waals surface area contributed by atoms with Crippen LogP contribution in [0.2, 0.25) is 0 Å². The van der Waals surface area contributed by atoms with Crippen LogP contribution in [-0.4, -0.2) is 18.1 Å². The highest BCUT2D eigenvalue weighted by atomic mass is 16.5. The molecule has 21 heavy (non-hydrogen) atoms. The van der Waals surface area contributed by atoms with Crippen LogP contribution >= 0.6 is 0 Å². The molecule has 2 aromatic rings. The van der Waals surface area contributed by atoms with Crippen LogP contribution in [0, 0.1) is 5.92 Å². The van der Waals surface area contributed by atoms with Gasteiger partial charge in [-0.15, -0.1) is 0 Å². The number of hydrogen-bond acceptors (Lipinski definition) is 3. The Kier molecular flexibility index (Phi) is 4.71. The summed E-state index contributed by atoms with van der Waals surface area (Å²) in [4.78, 5) is 4.71. The Morgan fingerprint density at radius 1 is 1.29 bits per heavy atom. The molecule has 1 fully saturated rings. The van der Waals surface area contributed by atoms with Gasteiger partial charge in [0.2, 0.25) is 0 Å². The molecular weight excluding hydrogens is 260 g/mol. The first-order chi connectivity index (χ1) is 10.4. The van der Waals surface area contributed by atoms with Crippen LogP contribution in [0.15, 0.2) is 30.3 Å². The van der Waals surface area contributed by atoms with Crippen LogP contribution in [-0.2, 0) is 11.3 Å². The predicted octanol–water partition coefficient (Wildman–Crippen LogP) is 4.37. The number of para-hydroxylation sites is 1. The first-order valence-corrected chi connectivity index (χ1v) is 8.07. The molecular formula is C18H24N2O. The van der Waals surface area contributed by atoms with E-state index in [0.717, 1.165) is 36.0 Å². The molecule has 1 aliphatic carbocycles. The quantitative estimate of drug-likeness (QED) is 0.766. The van der Waals surface area contributed by atoms with Crippen LogP contribution in [0.5, 0.6) is 0 Å². The monoisotopic (exact) mass is 284 g/mol. The highest BCUT2D eigenvalue weighted by Crippen LogP contribution is 2.29. The van der Waals surface area contributed by atoms with E-state index in [1.165, 1.54) is 31.1 Å². The third kappa shape index (κ3) is 3.53. The number of aromatic nitrogens is 1. The Labute approximate surface area is 126 Å². The van der Waals surface area contributed by atoms with Gasteiger partial charge in [0.05, 0.1) is 12.1 Å². The molecule has 1 N–H and O–H groups in total. The van der Waals surface area contributed by atoms with Gasteiger partial charge in [0, 0.05) is 24.1 Å². The number of nitrogens with zero attached hydrogens (tertiary/aromatic N) is 1. The van der Waals surface area contributed by atoms with Crippen molar-refractivity contribution in [1.82, 2.24) is 4.98 Å². The van der Waals surface area contributed by atoms with Gasteiger partial charge in [-0.2, -0.15) is 0 Å². The van der Waals surface area contributed by atoms with Gasteiger partial charge in [0.15, 0.2) is 0 Å². The number of rotatable bonds is 7. The Balaban J connectivity index is 1.67. The van der Waals surface area contributed by atoms with E-state index < -0.39 is 0 Å². The summed E-state index contributed by atoms with van der Waals surface area (Å²) in [6.45, 7) is 4.48. The van der Waals surface area contributed by atoms with Crippen molar-refractivity contribution >= 4 is 16.7 Å². The van der Waals surface area contributed by atoms with Gasteiger partial charge >= 0.3 is 0 Å². The topological polar surface area (TPSA) is 34.2 Å². The Morgan fingerprint density at radius 3 is 2.90 bits per heavy atom. The maximum atomic E-state index is 5.88. The first kappa shape index (κ1) is 14.3. The third-order valence-corrected chi connectivity index (χ3v) is 4.30. The lowest BCUT2D eigenvalue weighted by Gasteiger charge is -2.24. The average molecular weight is 284 g/mol. The zero-order valence-electron chi connectivity index (χ0n) is 12.8. The van der Waals surface area contributed by atoms with Crippen molar-refractivity contribution in [2.45, 2.75) is 39.2 Å². The minimum Gasteiger partial charge on any atom is -0.377 e. The molecule has 0 atom stereocenters. The lowest BCUT2D eigenvalue weighted by molar-refractivity contribution is 0.0952. The summed E-state index contributed by atoms with van der Waals surface area (Å²) >= 11 is 0. The highest BCUT2D eigenvalue weighted by Gasteiger charge is 2.16. The van der Waals surface area contributed by atoms with E-state index >= 15 is 0 Å². The fourth-order valence-corrected chi connectivity index (χ4v) is 2.80. The lowest BCUT2D eigenvalue weighted by atomic mass is 9.83. The van der Waals surface area contributed by atoms with E-state index in [-0.39, 0.29) is 0 Å². The summed E-state index contributed by atoms with van der Waals surface area (Å²) in [5.41, 5.74) is 2.19. The van der Waals surface area contributed by atoms with Gasteiger partial charge in [-0.1, -0.05) is 37.5 Å². The molecule has 0 saturated heterocycles. The fourth-order valence-electron chi connectivity index (χ4n) is 2.80. The van der Waals surface area contributed by atoms with Crippen molar-refractivity contribution in [1.29, 1.82) is 0 Å². The zero-order chi connectivity index (χ0) is 14.5. The normalized spacial score (nSPS) is 15.1. The molecule has 1 heterocycles. The predicted molar refractivity (Wildman–Crippen MR) is 87.5 cm³/mol. The molecule has 0 amide bonds. The number of ether oxygens (including phenoxy) is 1. The molecule has 0 spiro atoms. The summed E-state index contributed by atoms with van der Waals surface area (Å²) in [6, 6.07) is 10.4. The van der Waals surface area contributed by atoms with E-state index in [0.29, 0.717) is 6.61 Å². The summed E-state index contributed by atoms with van der Waals surface area (Å²) in [5.74, 6) is 1.87. The van der Waals surface area contributed by atoms with Crippen molar-refractivity contribution in [3.05, 3.63) is 35.9 Å². The van der Waals surface area contributed by atoms with E-state index in [9.17, 15) is 0 Å².